The molecular weight excluding hydrogens is 1240 g/mol. The summed E-state index contributed by atoms with van der Waals surface area (Å²) in [5.41, 5.74) is 0. The second kappa shape index (κ2) is 78.8. The van der Waals surface area contributed by atoms with Gasteiger partial charge in [-0.05, 0) is 154 Å². The van der Waals surface area contributed by atoms with Crippen molar-refractivity contribution in [1.29, 1.82) is 0 Å². The first-order chi connectivity index (χ1) is 49.2. The van der Waals surface area contributed by atoms with Gasteiger partial charge in [0.05, 0.1) is 38.8 Å². The number of aliphatic hydroxyl groups excluding tert-OH is 2. The highest BCUT2D eigenvalue weighted by Gasteiger charge is 2.17. The molecule has 0 aliphatic rings. The molecule has 0 heterocycles. The molecule has 100 heavy (non-hydrogen) atoms. The van der Waals surface area contributed by atoms with E-state index in [1.165, 1.54) is 25.7 Å². The van der Waals surface area contributed by atoms with Crippen LogP contribution < -0.4 is 0 Å². The average molecular weight is 1390 g/mol. The molecule has 0 amide bonds. The zero-order chi connectivity index (χ0) is 72.6. The summed E-state index contributed by atoms with van der Waals surface area (Å²) in [6, 6.07) is 0. The third kappa shape index (κ3) is 73.3. The van der Waals surface area contributed by atoms with Crippen molar-refractivity contribution in [2.75, 3.05) is 39.5 Å². The maximum atomic E-state index is 12.8. The molecule has 0 fully saturated rings. The van der Waals surface area contributed by atoms with Gasteiger partial charge in [0.2, 0.25) is 0 Å². The van der Waals surface area contributed by atoms with Crippen LogP contribution in [0.3, 0.4) is 0 Å². The Hall–Kier alpha value is -5.88. The Balaban J connectivity index is 4.31. The standard InChI is InChI=1S/C89H145NO10/c1-5-9-13-17-19-21-23-25-27-29-31-33-35-37-39-45-51-57-65-73-88(95)99-84(69-61-15-11-7-3)71-63-55-49-43-41-47-53-59-67-79-97-86(93)75-77-90(81-83(92)82-91)78-76-87(94)98-80-68-60-54-48-42-44-50-56-64-72-85(70-62-16-12-8-4)100-89(96)74-66-58-52-46-40-38-36-34-32-30-28-26-24-22-20-18-14-10-6-2/h9-10,13-14,19-22,25-28,31-34,37-40,51-52,55-58,63-64,83-85,91-92H,5-8,11-12,15-18,23-24,29-30,35-36,41-50,53-54,59-62,65-82H2,1-4H3/b13-9-,14-10-,21-19-,22-20-,27-25-,28-26-,33-31-,34-32-,39-37-,40-38-,57-51-,58-52-,63-55-,64-56-. The summed E-state index contributed by atoms with van der Waals surface area (Å²) in [4.78, 5) is 52.6. The van der Waals surface area contributed by atoms with Crippen LogP contribution in [0.1, 0.15) is 310 Å². The molecule has 3 atom stereocenters. The molecule has 0 spiro atoms. The third-order valence-electron chi connectivity index (χ3n) is 16.7. The van der Waals surface area contributed by atoms with Crippen LogP contribution in [0.5, 0.6) is 0 Å². The summed E-state index contributed by atoms with van der Waals surface area (Å²) in [6.45, 7) is 9.83. The van der Waals surface area contributed by atoms with E-state index in [1.54, 1.807) is 0 Å². The number of rotatable bonds is 71. The van der Waals surface area contributed by atoms with Crippen LogP contribution in [0.15, 0.2) is 170 Å². The van der Waals surface area contributed by atoms with E-state index < -0.39 is 12.7 Å². The number of unbranched alkanes of at least 4 members (excludes halogenated alkanes) is 18. The van der Waals surface area contributed by atoms with E-state index in [9.17, 15) is 29.4 Å². The molecule has 566 valence electrons. The first-order valence-corrected chi connectivity index (χ1v) is 40.0. The summed E-state index contributed by atoms with van der Waals surface area (Å²) in [5, 5.41) is 19.7. The summed E-state index contributed by atoms with van der Waals surface area (Å²) in [5.74, 6) is -0.848. The lowest BCUT2D eigenvalue weighted by molar-refractivity contribution is -0.150. The van der Waals surface area contributed by atoms with E-state index in [0.29, 0.717) is 52.0 Å². The van der Waals surface area contributed by atoms with Gasteiger partial charge in [0.25, 0.3) is 0 Å². The quantitative estimate of drug-likeness (QED) is 0.0259. The highest BCUT2D eigenvalue weighted by Crippen LogP contribution is 2.18. The molecule has 3 unspecified atom stereocenters. The smallest absolute Gasteiger partial charge is 0.307 e. The van der Waals surface area contributed by atoms with Gasteiger partial charge in [-0.3, -0.25) is 24.1 Å². The van der Waals surface area contributed by atoms with E-state index >= 15 is 0 Å². The molecular formula is C89H145NO10. The molecule has 0 saturated carbocycles. The molecule has 0 aromatic carbocycles. The first-order valence-electron chi connectivity index (χ1n) is 40.0. The predicted octanol–water partition coefficient (Wildman–Crippen LogP) is 23.6. The molecule has 0 aromatic heterocycles. The largest absolute Gasteiger partial charge is 0.466 e. The second-order valence-electron chi connectivity index (χ2n) is 26.1. The molecule has 0 aromatic rings. The Morgan fingerprint density at radius 3 is 0.930 bits per heavy atom. The van der Waals surface area contributed by atoms with Gasteiger partial charge in [0.1, 0.15) is 12.2 Å². The number of ether oxygens (including phenoxy) is 4. The fourth-order valence-electron chi connectivity index (χ4n) is 10.8. The van der Waals surface area contributed by atoms with E-state index in [2.05, 4.69) is 198 Å². The Kier molecular flexibility index (Phi) is 74.2. The van der Waals surface area contributed by atoms with Gasteiger partial charge in [-0.2, -0.15) is 0 Å². The Morgan fingerprint density at radius 2 is 0.610 bits per heavy atom. The Morgan fingerprint density at radius 1 is 0.320 bits per heavy atom. The normalized spacial score (nSPS) is 13.7. The summed E-state index contributed by atoms with van der Waals surface area (Å²) in [7, 11) is 0. The lowest BCUT2D eigenvalue weighted by Crippen LogP contribution is -2.37. The van der Waals surface area contributed by atoms with E-state index in [0.717, 1.165) is 218 Å². The summed E-state index contributed by atoms with van der Waals surface area (Å²) >= 11 is 0. The van der Waals surface area contributed by atoms with Gasteiger partial charge in [0.15, 0.2) is 0 Å². The molecule has 2 N–H and O–H groups in total. The van der Waals surface area contributed by atoms with Crippen LogP contribution in [0.4, 0.5) is 0 Å². The van der Waals surface area contributed by atoms with Crippen LogP contribution in [-0.4, -0.2) is 96.8 Å². The maximum absolute atomic E-state index is 12.8. The van der Waals surface area contributed by atoms with Crippen molar-refractivity contribution in [3.05, 3.63) is 170 Å². The fraction of sp³-hybridized carbons (Fsp3) is 0.640. The monoisotopic (exact) mass is 1390 g/mol. The van der Waals surface area contributed by atoms with Crippen LogP contribution in [-0.2, 0) is 38.1 Å². The Bertz CT molecular complexity index is 2170. The number of carbonyl (C=O) groups excluding carboxylic acids is 4. The van der Waals surface area contributed by atoms with Crippen LogP contribution in [0, 0.1) is 0 Å². The van der Waals surface area contributed by atoms with Crippen molar-refractivity contribution >= 4 is 23.9 Å². The van der Waals surface area contributed by atoms with Crippen molar-refractivity contribution in [2.24, 2.45) is 0 Å². The van der Waals surface area contributed by atoms with E-state index in [1.807, 2.05) is 4.90 Å². The van der Waals surface area contributed by atoms with Gasteiger partial charge in [-0.1, -0.05) is 288 Å². The minimum atomic E-state index is -0.978. The average Bonchev–Trinajstić information content (AvgIpc) is 2.03. The second-order valence-corrected chi connectivity index (χ2v) is 26.1. The van der Waals surface area contributed by atoms with Crippen LogP contribution >= 0.6 is 0 Å². The number of hydrogen-bond acceptors (Lipinski definition) is 11. The topological polar surface area (TPSA) is 149 Å². The van der Waals surface area contributed by atoms with Gasteiger partial charge >= 0.3 is 23.9 Å². The fourth-order valence-corrected chi connectivity index (χ4v) is 10.8. The van der Waals surface area contributed by atoms with E-state index in [-0.39, 0.29) is 55.5 Å². The zero-order valence-corrected chi connectivity index (χ0v) is 63.9. The minimum Gasteiger partial charge on any atom is -0.466 e. The molecule has 11 nitrogen and oxygen atoms in total. The number of hydrogen-bond donors (Lipinski definition) is 2. The predicted molar refractivity (Wildman–Crippen MR) is 425 cm³/mol. The van der Waals surface area contributed by atoms with Gasteiger partial charge < -0.3 is 29.2 Å². The summed E-state index contributed by atoms with van der Waals surface area (Å²) < 4.78 is 23.0. The highest BCUT2D eigenvalue weighted by molar-refractivity contribution is 5.71. The molecule has 11 heteroatoms. The number of carbonyl (C=O) groups is 4. The van der Waals surface area contributed by atoms with Crippen molar-refractivity contribution in [2.45, 2.75) is 329 Å². The van der Waals surface area contributed by atoms with Crippen LogP contribution in [0.25, 0.3) is 0 Å². The number of esters is 4. The van der Waals surface area contributed by atoms with Gasteiger partial charge in [-0.25, -0.2) is 0 Å². The lowest BCUT2D eigenvalue weighted by atomic mass is 10.1. The van der Waals surface area contributed by atoms with Crippen molar-refractivity contribution in [3.8, 4) is 0 Å². The van der Waals surface area contributed by atoms with Crippen molar-refractivity contribution < 1.29 is 48.3 Å². The van der Waals surface area contributed by atoms with Gasteiger partial charge in [0, 0.05) is 45.3 Å². The lowest BCUT2D eigenvalue weighted by Gasteiger charge is -2.23. The number of nitrogens with zero attached hydrogens (tertiary/aromatic N) is 1. The maximum Gasteiger partial charge on any atom is 0.307 e. The molecule has 0 aliphatic carbocycles. The van der Waals surface area contributed by atoms with Crippen LogP contribution in [0.2, 0.25) is 0 Å². The van der Waals surface area contributed by atoms with E-state index in [4.69, 9.17) is 18.9 Å². The number of aliphatic hydroxyl groups is 2. The molecule has 0 bridgehead atoms. The summed E-state index contributed by atoms with van der Waals surface area (Å²) in [6.07, 6.45) is 101. The molecule has 0 rings (SSSR count). The third-order valence-corrected chi connectivity index (χ3v) is 16.7. The SMILES string of the molecule is CC/C=C\C/C=C\C/C=C\C/C=C\C/C=C\C/C=C\CCC(=O)OC(C/C=C\CCCCCCCCOC(=O)CCN(CCC(=O)OCCCCCCCC/C=C\CC(CCCCCC)OC(=O)CC/C=C\C/C=C\C/C=C\C/C=C\C/C=C\C/C=C\CC)CC(O)CO)CCCCCC. The van der Waals surface area contributed by atoms with Crippen molar-refractivity contribution in [3.63, 3.8) is 0 Å². The molecule has 0 radical (unpaired) electrons. The Labute approximate surface area is 612 Å². The minimum absolute atomic E-state index is 0.0707. The highest BCUT2D eigenvalue weighted by atomic mass is 16.6. The molecule has 0 saturated heterocycles. The zero-order valence-electron chi connectivity index (χ0n) is 63.9. The van der Waals surface area contributed by atoms with Crippen molar-refractivity contribution in [1.82, 2.24) is 4.90 Å². The van der Waals surface area contributed by atoms with Gasteiger partial charge in [-0.15, -0.1) is 0 Å². The molecule has 0 aliphatic heterocycles. The number of allylic oxidation sites excluding steroid dienone is 26. The first kappa shape index (κ1) is 94.1.